The molecule has 18 heavy (non-hydrogen) atoms. The van der Waals surface area contributed by atoms with E-state index in [2.05, 4.69) is 30.4 Å². The highest BCUT2D eigenvalue weighted by atomic mass is 16.5. The van der Waals surface area contributed by atoms with Crippen LogP contribution >= 0.6 is 0 Å². The van der Waals surface area contributed by atoms with Crippen LogP contribution in [0.15, 0.2) is 24.3 Å². The normalized spacial score (nSPS) is 30.8. The van der Waals surface area contributed by atoms with Gasteiger partial charge >= 0.3 is 0 Å². The van der Waals surface area contributed by atoms with Gasteiger partial charge in [-0.25, -0.2) is 0 Å². The second-order valence-corrected chi connectivity index (χ2v) is 5.65. The molecule has 2 heterocycles. The lowest BCUT2D eigenvalue weighted by Crippen LogP contribution is -2.51. The van der Waals surface area contributed by atoms with Crippen molar-refractivity contribution in [1.82, 2.24) is 5.32 Å². The lowest BCUT2D eigenvalue weighted by molar-refractivity contribution is 0.0245. The molecular formula is C15H21NO2. The van der Waals surface area contributed by atoms with Crippen LogP contribution in [-0.2, 0) is 11.2 Å². The van der Waals surface area contributed by atoms with Crippen LogP contribution in [0.3, 0.4) is 0 Å². The summed E-state index contributed by atoms with van der Waals surface area (Å²) in [5, 5.41) is 3.62. The molecule has 2 unspecified atom stereocenters. The van der Waals surface area contributed by atoms with E-state index in [9.17, 15) is 0 Å². The van der Waals surface area contributed by atoms with E-state index in [0.717, 1.165) is 38.3 Å². The Hall–Kier alpha value is -1.06. The second kappa shape index (κ2) is 4.90. The largest absolute Gasteiger partial charge is 0.488 e. The predicted molar refractivity (Wildman–Crippen MR) is 71.0 cm³/mol. The number of para-hydroxylation sites is 1. The molecule has 2 aliphatic heterocycles. The summed E-state index contributed by atoms with van der Waals surface area (Å²) in [6.45, 7) is 4.86. The summed E-state index contributed by atoms with van der Waals surface area (Å²) in [7, 11) is 0. The maximum absolute atomic E-state index is 5.94. The molecule has 3 heteroatoms. The van der Waals surface area contributed by atoms with E-state index in [1.807, 2.05) is 6.07 Å². The topological polar surface area (TPSA) is 30.5 Å². The summed E-state index contributed by atoms with van der Waals surface area (Å²) in [4.78, 5) is 0. The first-order chi connectivity index (χ1) is 8.75. The highest BCUT2D eigenvalue weighted by Crippen LogP contribution is 2.28. The highest BCUT2D eigenvalue weighted by molar-refractivity contribution is 5.37. The lowest BCUT2D eigenvalue weighted by Gasteiger charge is -2.35. The minimum absolute atomic E-state index is 0.121. The van der Waals surface area contributed by atoms with Crippen molar-refractivity contribution in [2.75, 3.05) is 19.8 Å². The molecule has 0 aliphatic carbocycles. The van der Waals surface area contributed by atoms with Crippen molar-refractivity contribution in [3.05, 3.63) is 29.8 Å². The third-order valence-corrected chi connectivity index (χ3v) is 3.91. The molecule has 0 amide bonds. The zero-order chi connectivity index (χ0) is 12.4. The summed E-state index contributed by atoms with van der Waals surface area (Å²) in [5.41, 5.74) is 1.45. The Bertz CT molecular complexity index is 388. The van der Waals surface area contributed by atoms with E-state index in [0.29, 0.717) is 0 Å². The van der Waals surface area contributed by atoms with Gasteiger partial charge in [-0.05, 0) is 31.4 Å². The van der Waals surface area contributed by atoms with Crippen LogP contribution in [-0.4, -0.2) is 31.4 Å². The van der Waals surface area contributed by atoms with Gasteiger partial charge in [0.05, 0.1) is 6.61 Å². The molecule has 1 aromatic rings. The van der Waals surface area contributed by atoms with Gasteiger partial charge in [-0.3, -0.25) is 0 Å². The average molecular weight is 247 g/mol. The maximum Gasteiger partial charge on any atom is 0.123 e. The minimum Gasteiger partial charge on any atom is -0.488 e. The van der Waals surface area contributed by atoms with Crippen LogP contribution in [0.2, 0.25) is 0 Å². The first-order valence-electron chi connectivity index (χ1n) is 6.83. The number of hydrogen-bond acceptors (Lipinski definition) is 3. The smallest absolute Gasteiger partial charge is 0.123 e. The van der Waals surface area contributed by atoms with E-state index in [1.54, 1.807) is 0 Å². The summed E-state index contributed by atoms with van der Waals surface area (Å²) >= 11 is 0. The van der Waals surface area contributed by atoms with Gasteiger partial charge in [0.15, 0.2) is 0 Å². The van der Waals surface area contributed by atoms with Gasteiger partial charge in [-0.2, -0.15) is 0 Å². The quantitative estimate of drug-likeness (QED) is 0.887. The molecule has 0 saturated carbocycles. The number of benzene rings is 1. The summed E-state index contributed by atoms with van der Waals surface area (Å²) in [6, 6.07) is 8.32. The van der Waals surface area contributed by atoms with Crippen molar-refractivity contribution in [1.29, 1.82) is 0 Å². The van der Waals surface area contributed by atoms with Crippen molar-refractivity contribution in [3.8, 4) is 5.75 Å². The molecule has 1 aromatic carbocycles. The third-order valence-electron chi connectivity index (χ3n) is 3.91. The summed E-state index contributed by atoms with van der Waals surface area (Å²) < 4.78 is 11.5. The Morgan fingerprint density at radius 3 is 3.06 bits per heavy atom. The fraction of sp³-hybridized carbons (Fsp3) is 0.600. The lowest BCUT2D eigenvalue weighted by atomic mass is 9.94. The molecule has 1 saturated heterocycles. The van der Waals surface area contributed by atoms with Gasteiger partial charge in [0.25, 0.3) is 0 Å². The zero-order valence-corrected chi connectivity index (χ0v) is 10.9. The Labute approximate surface area is 108 Å². The molecule has 2 atom stereocenters. The Morgan fingerprint density at radius 2 is 2.28 bits per heavy atom. The molecule has 1 N–H and O–H groups in total. The van der Waals surface area contributed by atoms with E-state index >= 15 is 0 Å². The second-order valence-electron chi connectivity index (χ2n) is 5.65. The number of rotatable bonds is 3. The molecular weight excluding hydrogens is 226 g/mol. The average Bonchev–Trinajstić information content (AvgIpc) is 2.80. The Morgan fingerprint density at radius 1 is 1.39 bits per heavy atom. The first-order valence-corrected chi connectivity index (χ1v) is 6.83. The minimum atomic E-state index is 0.121. The number of nitrogens with one attached hydrogen (secondary N) is 1. The number of fused-ring (bicyclic) bond motifs is 1. The van der Waals surface area contributed by atoms with E-state index in [4.69, 9.17) is 9.47 Å². The van der Waals surface area contributed by atoms with Gasteiger partial charge in [0.1, 0.15) is 11.9 Å². The molecule has 0 aromatic heterocycles. The molecule has 0 spiro atoms. The Balaban J connectivity index is 1.53. The van der Waals surface area contributed by atoms with E-state index < -0.39 is 0 Å². The fourth-order valence-electron chi connectivity index (χ4n) is 2.80. The Kier molecular flexibility index (Phi) is 3.27. The van der Waals surface area contributed by atoms with Crippen LogP contribution < -0.4 is 10.1 Å². The van der Waals surface area contributed by atoms with Crippen LogP contribution in [0, 0.1) is 0 Å². The van der Waals surface area contributed by atoms with Crippen molar-refractivity contribution in [2.24, 2.45) is 0 Å². The van der Waals surface area contributed by atoms with Gasteiger partial charge < -0.3 is 14.8 Å². The molecule has 3 rings (SSSR count). The van der Waals surface area contributed by atoms with Crippen molar-refractivity contribution in [3.63, 3.8) is 0 Å². The van der Waals surface area contributed by atoms with Crippen molar-refractivity contribution < 1.29 is 9.47 Å². The van der Waals surface area contributed by atoms with E-state index in [-0.39, 0.29) is 11.6 Å². The molecule has 2 aliphatic rings. The van der Waals surface area contributed by atoms with Gasteiger partial charge in [0, 0.05) is 25.1 Å². The molecule has 3 nitrogen and oxygen atoms in total. The van der Waals surface area contributed by atoms with Crippen molar-refractivity contribution in [2.45, 2.75) is 37.8 Å². The monoisotopic (exact) mass is 247 g/mol. The number of hydrogen-bond donors (Lipinski definition) is 1. The van der Waals surface area contributed by atoms with Gasteiger partial charge in [-0.15, -0.1) is 0 Å². The zero-order valence-electron chi connectivity index (χ0n) is 10.9. The first kappa shape index (κ1) is 12.0. The highest BCUT2D eigenvalue weighted by Gasteiger charge is 2.30. The molecule has 0 radical (unpaired) electrons. The number of ether oxygens (including phenoxy) is 2. The van der Waals surface area contributed by atoms with Crippen LogP contribution in [0.4, 0.5) is 0 Å². The maximum atomic E-state index is 5.94. The van der Waals surface area contributed by atoms with Gasteiger partial charge in [0.2, 0.25) is 0 Å². The van der Waals surface area contributed by atoms with Crippen molar-refractivity contribution >= 4 is 0 Å². The van der Waals surface area contributed by atoms with E-state index in [1.165, 1.54) is 12.0 Å². The SMILES string of the molecule is CC1(NCC2Cc3ccccc3O2)CCCOC1. The molecule has 1 fully saturated rings. The summed E-state index contributed by atoms with van der Waals surface area (Å²) in [5.74, 6) is 1.05. The predicted octanol–water partition coefficient (Wildman–Crippen LogP) is 2.15. The van der Waals surface area contributed by atoms with Crippen LogP contribution in [0.25, 0.3) is 0 Å². The standard InChI is InChI=1S/C15H21NO2/c1-15(7-4-8-17-11-15)16-10-13-9-12-5-2-3-6-14(12)18-13/h2-3,5-6,13,16H,4,7-11H2,1H3. The van der Waals surface area contributed by atoms with Gasteiger partial charge in [-0.1, -0.05) is 18.2 Å². The van der Waals surface area contributed by atoms with Crippen LogP contribution in [0.5, 0.6) is 5.75 Å². The summed E-state index contributed by atoms with van der Waals surface area (Å²) in [6.07, 6.45) is 3.61. The van der Waals surface area contributed by atoms with Crippen LogP contribution in [0.1, 0.15) is 25.3 Å². The molecule has 0 bridgehead atoms. The molecule has 98 valence electrons. The fourth-order valence-corrected chi connectivity index (χ4v) is 2.80. The third kappa shape index (κ3) is 2.52.